The topological polar surface area (TPSA) is 65.7 Å². The van der Waals surface area contributed by atoms with E-state index in [9.17, 15) is 0 Å². The van der Waals surface area contributed by atoms with Crippen molar-refractivity contribution < 1.29 is 14.2 Å². The third-order valence-electron chi connectivity index (χ3n) is 4.70. The predicted octanol–water partition coefficient (Wildman–Crippen LogP) is 1.79. The molecule has 3 N–H and O–H groups in total. The molecule has 0 radical (unpaired) electrons. The normalized spacial score (nSPS) is 30.5. The van der Waals surface area contributed by atoms with Gasteiger partial charge in [0.05, 0.1) is 19.3 Å². The second-order valence-corrected chi connectivity index (χ2v) is 6.01. The maximum absolute atomic E-state index is 6.01. The number of methoxy groups -OCH3 is 1. The molecule has 2 aliphatic heterocycles. The number of benzene rings is 1. The highest BCUT2D eigenvalue weighted by atomic mass is 16.6. The summed E-state index contributed by atoms with van der Waals surface area (Å²) in [6.45, 7) is 2.28. The van der Waals surface area contributed by atoms with E-state index in [-0.39, 0.29) is 11.6 Å². The molecule has 3 unspecified atom stereocenters. The van der Waals surface area contributed by atoms with Crippen LogP contribution in [0.3, 0.4) is 0 Å². The van der Waals surface area contributed by atoms with Crippen molar-refractivity contribution in [1.29, 1.82) is 0 Å². The van der Waals surface area contributed by atoms with E-state index in [0.717, 1.165) is 43.8 Å². The molecule has 1 aromatic rings. The Hall–Kier alpha value is -1.14. The Morgan fingerprint density at radius 2 is 2.33 bits per heavy atom. The van der Waals surface area contributed by atoms with Gasteiger partial charge in [-0.05, 0) is 36.5 Å². The molecule has 2 fully saturated rings. The van der Waals surface area contributed by atoms with E-state index < -0.39 is 0 Å². The fourth-order valence-electron chi connectivity index (χ4n) is 3.55. The molecule has 5 nitrogen and oxygen atoms in total. The maximum atomic E-state index is 6.01. The van der Waals surface area contributed by atoms with Gasteiger partial charge in [0.2, 0.25) is 0 Å². The zero-order chi connectivity index (χ0) is 14.7. The minimum absolute atomic E-state index is 0.100. The van der Waals surface area contributed by atoms with Crippen molar-refractivity contribution in [2.45, 2.75) is 30.9 Å². The smallest absolute Gasteiger partial charge is 0.119 e. The largest absolute Gasteiger partial charge is 0.497 e. The third kappa shape index (κ3) is 3.06. The SMILES string of the molecule is COc1cccc(C(NN)C2CCOC3(CCOC3)C2)c1. The molecule has 0 aliphatic carbocycles. The van der Waals surface area contributed by atoms with Crippen molar-refractivity contribution in [3.63, 3.8) is 0 Å². The first-order valence-electron chi connectivity index (χ1n) is 7.58. The lowest BCUT2D eigenvalue weighted by Gasteiger charge is -2.40. The van der Waals surface area contributed by atoms with E-state index in [0.29, 0.717) is 12.5 Å². The Morgan fingerprint density at radius 1 is 1.43 bits per heavy atom. The molecule has 3 atom stereocenters. The Labute approximate surface area is 125 Å². The number of hydrogen-bond acceptors (Lipinski definition) is 5. The van der Waals surface area contributed by atoms with Crippen molar-refractivity contribution >= 4 is 0 Å². The summed E-state index contributed by atoms with van der Waals surface area (Å²) in [5.41, 5.74) is 4.06. The summed E-state index contributed by atoms with van der Waals surface area (Å²) in [7, 11) is 1.68. The van der Waals surface area contributed by atoms with Crippen LogP contribution in [-0.4, -0.2) is 32.5 Å². The molecule has 0 amide bonds. The lowest BCUT2D eigenvalue weighted by atomic mass is 9.79. The van der Waals surface area contributed by atoms with Gasteiger partial charge in [-0.2, -0.15) is 0 Å². The second-order valence-electron chi connectivity index (χ2n) is 6.01. The lowest BCUT2D eigenvalue weighted by molar-refractivity contribution is -0.103. The van der Waals surface area contributed by atoms with Gasteiger partial charge in [-0.1, -0.05) is 12.1 Å². The van der Waals surface area contributed by atoms with Gasteiger partial charge >= 0.3 is 0 Å². The van der Waals surface area contributed by atoms with Crippen molar-refractivity contribution in [3.8, 4) is 5.75 Å². The number of ether oxygens (including phenoxy) is 3. The molecular formula is C16H24N2O3. The molecule has 3 rings (SSSR count). The molecule has 0 saturated carbocycles. The van der Waals surface area contributed by atoms with Crippen molar-refractivity contribution in [2.75, 3.05) is 26.9 Å². The highest BCUT2D eigenvalue weighted by Gasteiger charge is 2.43. The van der Waals surface area contributed by atoms with Crippen LogP contribution in [0.25, 0.3) is 0 Å². The summed E-state index contributed by atoms with van der Waals surface area (Å²) in [6, 6.07) is 8.22. The van der Waals surface area contributed by atoms with Gasteiger partial charge in [-0.15, -0.1) is 0 Å². The maximum Gasteiger partial charge on any atom is 0.119 e. The summed E-state index contributed by atoms with van der Waals surface area (Å²) < 4.78 is 16.9. The molecule has 1 spiro atoms. The molecular weight excluding hydrogens is 268 g/mol. The fourth-order valence-corrected chi connectivity index (χ4v) is 3.55. The second kappa shape index (κ2) is 6.32. The molecule has 1 aromatic carbocycles. The number of nitrogens with two attached hydrogens (primary N) is 1. The number of rotatable bonds is 4. The first kappa shape index (κ1) is 14.8. The van der Waals surface area contributed by atoms with Crippen LogP contribution in [0.1, 0.15) is 30.9 Å². The van der Waals surface area contributed by atoms with Crippen LogP contribution in [0.15, 0.2) is 24.3 Å². The van der Waals surface area contributed by atoms with Gasteiger partial charge in [-0.25, -0.2) is 0 Å². The zero-order valence-corrected chi connectivity index (χ0v) is 12.5. The molecule has 21 heavy (non-hydrogen) atoms. The van der Waals surface area contributed by atoms with Crippen LogP contribution in [-0.2, 0) is 9.47 Å². The monoisotopic (exact) mass is 292 g/mol. The highest BCUT2D eigenvalue weighted by molar-refractivity contribution is 5.31. The first-order valence-corrected chi connectivity index (χ1v) is 7.58. The van der Waals surface area contributed by atoms with Crippen LogP contribution in [0, 0.1) is 5.92 Å². The number of hydrazine groups is 1. The van der Waals surface area contributed by atoms with Crippen molar-refractivity contribution in [2.24, 2.45) is 11.8 Å². The van der Waals surface area contributed by atoms with Crippen LogP contribution in [0.2, 0.25) is 0 Å². The fraction of sp³-hybridized carbons (Fsp3) is 0.625. The van der Waals surface area contributed by atoms with E-state index in [2.05, 4.69) is 17.6 Å². The Kier molecular flexibility index (Phi) is 4.45. The van der Waals surface area contributed by atoms with Crippen molar-refractivity contribution in [1.82, 2.24) is 5.43 Å². The van der Waals surface area contributed by atoms with E-state index in [1.54, 1.807) is 7.11 Å². The minimum Gasteiger partial charge on any atom is -0.497 e. The van der Waals surface area contributed by atoms with Crippen molar-refractivity contribution in [3.05, 3.63) is 29.8 Å². The molecule has 0 aromatic heterocycles. The van der Waals surface area contributed by atoms with Gasteiger partial charge in [0.1, 0.15) is 5.75 Å². The lowest BCUT2D eigenvalue weighted by Crippen LogP contribution is -2.45. The van der Waals surface area contributed by atoms with E-state index in [4.69, 9.17) is 20.1 Å². The average Bonchev–Trinajstić information content (AvgIpc) is 2.96. The summed E-state index contributed by atoms with van der Waals surface area (Å²) in [4.78, 5) is 0. The predicted molar refractivity (Wildman–Crippen MR) is 79.9 cm³/mol. The zero-order valence-electron chi connectivity index (χ0n) is 12.5. The van der Waals surface area contributed by atoms with Crippen LogP contribution in [0.4, 0.5) is 0 Å². The average molecular weight is 292 g/mol. The summed E-state index contributed by atoms with van der Waals surface area (Å²) in [6.07, 6.45) is 2.98. The van der Waals surface area contributed by atoms with Gasteiger partial charge in [-0.3, -0.25) is 11.3 Å². The van der Waals surface area contributed by atoms with Crippen LogP contribution in [0.5, 0.6) is 5.75 Å². The van der Waals surface area contributed by atoms with Crippen LogP contribution < -0.4 is 16.0 Å². The van der Waals surface area contributed by atoms with E-state index >= 15 is 0 Å². The quantitative estimate of drug-likeness (QED) is 0.654. The molecule has 5 heteroatoms. The first-order chi connectivity index (χ1) is 10.3. The van der Waals surface area contributed by atoms with Crippen LogP contribution >= 0.6 is 0 Å². The van der Waals surface area contributed by atoms with Gasteiger partial charge in [0.15, 0.2) is 0 Å². The van der Waals surface area contributed by atoms with Gasteiger partial charge < -0.3 is 14.2 Å². The molecule has 0 bridgehead atoms. The molecule has 2 heterocycles. The third-order valence-corrected chi connectivity index (χ3v) is 4.70. The van der Waals surface area contributed by atoms with Gasteiger partial charge in [0.25, 0.3) is 0 Å². The Bertz CT molecular complexity index is 474. The minimum atomic E-state index is -0.100. The van der Waals surface area contributed by atoms with E-state index in [1.807, 2.05) is 12.1 Å². The molecule has 2 saturated heterocycles. The molecule has 2 aliphatic rings. The standard InChI is InChI=1S/C16H24N2O3/c1-19-14-4-2-3-12(9-14)15(18-17)13-5-7-21-16(10-13)6-8-20-11-16/h2-4,9,13,15,18H,5-8,10-11,17H2,1H3. The Morgan fingerprint density at radius 3 is 3.05 bits per heavy atom. The van der Waals surface area contributed by atoms with E-state index in [1.165, 1.54) is 0 Å². The molecule has 116 valence electrons. The summed E-state index contributed by atoms with van der Waals surface area (Å²) in [5, 5.41) is 0. The highest BCUT2D eigenvalue weighted by Crippen LogP contribution is 2.41. The number of nitrogens with one attached hydrogen (secondary N) is 1. The number of hydrogen-bond donors (Lipinski definition) is 2. The Balaban J connectivity index is 1.78. The van der Waals surface area contributed by atoms with Gasteiger partial charge in [0, 0.05) is 25.7 Å². The summed E-state index contributed by atoms with van der Waals surface area (Å²) >= 11 is 0. The summed E-state index contributed by atoms with van der Waals surface area (Å²) in [5.74, 6) is 7.15.